The van der Waals surface area contributed by atoms with Crippen molar-refractivity contribution in [2.45, 2.75) is 0 Å². The summed E-state index contributed by atoms with van der Waals surface area (Å²) in [6.07, 6.45) is 0. The summed E-state index contributed by atoms with van der Waals surface area (Å²) in [4.78, 5) is 15.9. The molecule has 0 saturated heterocycles. The van der Waals surface area contributed by atoms with E-state index in [4.69, 9.17) is 19.4 Å². The van der Waals surface area contributed by atoms with Crippen molar-refractivity contribution in [3.63, 3.8) is 0 Å². The first-order chi connectivity index (χ1) is 32.7. The van der Waals surface area contributed by atoms with Crippen molar-refractivity contribution in [2.75, 3.05) is 0 Å². The third-order valence-corrected chi connectivity index (χ3v) is 13.4. The Morgan fingerprint density at radius 2 is 0.939 bits per heavy atom. The van der Waals surface area contributed by atoms with Gasteiger partial charge in [-0.1, -0.05) is 170 Å². The Bertz CT molecular complexity index is 4300. The van der Waals surface area contributed by atoms with Crippen LogP contribution in [-0.2, 0) is 0 Å². The maximum Gasteiger partial charge on any atom is 0.164 e. The van der Waals surface area contributed by atoms with Crippen LogP contribution in [0, 0.1) is 0 Å². The van der Waals surface area contributed by atoms with Crippen molar-refractivity contribution in [3.05, 3.63) is 218 Å². The molecule has 0 amide bonds. The van der Waals surface area contributed by atoms with Gasteiger partial charge in [-0.3, -0.25) is 0 Å². The van der Waals surface area contributed by atoms with Crippen LogP contribution in [0.2, 0.25) is 0 Å². The average Bonchev–Trinajstić information content (AvgIpc) is 3.93. The number of hydrogen-bond acceptors (Lipinski definition) is 4. The van der Waals surface area contributed by atoms with Crippen LogP contribution >= 0.6 is 0 Å². The molecule has 0 unspecified atom stereocenters. The van der Waals surface area contributed by atoms with E-state index in [9.17, 15) is 0 Å². The highest BCUT2D eigenvalue weighted by Crippen LogP contribution is 2.42. The second-order valence-corrected chi connectivity index (χ2v) is 17.1. The van der Waals surface area contributed by atoms with E-state index < -0.39 is 0 Å². The topological polar surface area (TPSA) is 56.7 Å². The number of hydrogen-bond donors (Lipinski definition) is 0. The van der Waals surface area contributed by atoms with Crippen LogP contribution in [0.3, 0.4) is 0 Å². The Morgan fingerprint density at radius 1 is 0.318 bits per heavy atom. The molecule has 0 N–H and O–H groups in total. The van der Waals surface area contributed by atoms with Gasteiger partial charge >= 0.3 is 0 Å². The van der Waals surface area contributed by atoms with E-state index >= 15 is 0 Å². The van der Waals surface area contributed by atoms with E-state index in [1.807, 2.05) is 6.07 Å². The molecule has 0 saturated carbocycles. The number of fused-ring (bicyclic) bond motifs is 12. The van der Waals surface area contributed by atoms with Gasteiger partial charge in [0.15, 0.2) is 23.1 Å². The number of benzene rings is 11. The Kier molecular flexibility index (Phi) is 7.91. The summed E-state index contributed by atoms with van der Waals surface area (Å²) in [5.41, 5.74) is 9.95. The van der Waals surface area contributed by atoms with Crippen molar-refractivity contribution < 1.29 is 4.42 Å². The van der Waals surface area contributed by atoms with Crippen LogP contribution in [0.5, 0.6) is 0 Å². The summed E-state index contributed by atoms with van der Waals surface area (Å²) in [6.45, 7) is 0. The third-order valence-electron chi connectivity index (χ3n) is 13.4. The highest BCUT2D eigenvalue weighted by Gasteiger charge is 2.21. The highest BCUT2D eigenvalue weighted by atomic mass is 16.3. The zero-order chi connectivity index (χ0) is 43.3. The van der Waals surface area contributed by atoms with Gasteiger partial charge in [-0.05, 0) is 103 Å². The summed E-state index contributed by atoms with van der Waals surface area (Å²) in [5.74, 6) is 1.83. The minimum atomic E-state index is 0.599. The monoisotopic (exact) mass is 840 g/mol. The maximum atomic E-state index is 6.96. The summed E-state index contributed by atoms with van der Waals surface area (Å²) in [7, 11) is 0. The van der Waals surface area contributed by atoms with Gasteiger partial charge in [0.05, 0.1) is 16.7 Å². The molecule has 0 bridgehead atoms. The lowest BCUT2D eigenvalue weighted by Crippen LogP contribution is -2.01. The summed E-state index contributed by atoms with van der Waals surface area (Å²) in [5, 5.41) is 13.7. The summed E-state index contributed by atoms with van der Waals surface area (Å²) in [6, 6.07) is 77.4. The fourth-order valence-electron chi connectivity index (χ4n) is 10.3. The van der Waals surface area contributed by atoms with Crippen LogP contribution in [0.15, 0.2) is 223 Å². The van der Waals surface area contributed by atoms with Crippen molar-refractivity contribution in [2.24, 2.45) is 0 Å². The Balaban J connectivity index is 0.995. The minimum absolute atomic E-state index is 0.599. The van der Waals surface area contributed by atoms with Gasteiger partial charge in [0.2, 0.25) is 0 Å². The second kappa shape index (κ2) is 14.3. The van der Waals surface area contributed by atoms with Crippen LogP contribution in [0.4, 0.5) is 0 Å². The first-order valence-electron chi connectivity index (χ1n) is 22.3. The Morgan fingerprint density at radius 3 is 1.79 bits per heavy atom. The van der Waals surface area contributed by atoms with Gasteiger partial charge < -0.3 is 8.98 Å². The predicted molar refractivity (Wildman–Crippen MR) is 273 cm³/mol. The van der Waals surface area contributed by atoms with Gasteiger partial charge in [-0.25, -0.2) is 15.0 Å². The fraction of sp³-hybridized carbons (Fsp3) is 0. The third kappa shape index (κ3) is 5.63. The second-order valence-electron chi connectivity index (χ2n) is 17.1. The molecule has 306 valence electrons. The molecular formula is C61H36N4O. The molecule has 0 spiro atoms. The van der Waals surface area contributed by atoms with E-state index in [1.54, 1.807) is 0 Å². The van der Waals surface area contributed by atoms with Gasteiger partial charge in [0.25, 0.3) is 0 Å². The summed E-state index contributed by atoms with van der Waals surface area (Å²) >= 11 is 0. The zero-order valence-corrected chi connectivity index (χ0v) is 35.5. The molecule has 14 aromatic rings. The molecule has 3 aromatic heterocycles. The molecule has 5 heteroatoms. The lowest BCUT2D eigenvalue weighted by Gasteiger charge is -2.13. The van der Waals surface area contributed by atoms with Gasteiger partial charge in [0.1, 0.15) is 5.58 Å². The Labute approximate surface area is 378 Å². The molecule has 0 aliphatic carbocycles. The SMILES string of the molecule is c1ccc(-c2cccc(-c3nc(-c4ccc5ccc6oc7c(-n8c9ccccc9c9cc%10ccccc%10cc98)cccc7c6c5c4)nc(-c4cc5ccccc5c5ccccc45)n3)c2)cc1. The first-order valence-corrected chi connectivity index (χ1v) is 22.3. The predicted octanol–water partition coefficient (Wildman–Crippen LogP) is 16.1. The average molecular weight is 841 g/mol. The van der Waals surface area contributed by atoms with Crippen molar-refractivity contribution in [1.29, 1.82) is 0 Å². The molecule has 3 heterocycles. The number of furan rings is 1. The van der Waals surface area contributed by atoms with Crippen LogP contribution < -0.4 is 0 Å². The maximum absolute atomic E-state index is 6.96. The molecule has 0 atom stereocenters. The number of nitrogens with zero attached hydrogens (tertiary/aromatic N) is 4. The largest absolute Gasteiger partial charge is 0.454 e. The quantitative estimate of drug-likeness (QED) is 0.162. The molecular weight excluding hydrogens is 805 g/mol. The molecule has 0 radical (unpaired) electrons. The molecule has 11 aromatic carbocycles. The van der Waals surface area contributed by atoms with E-state index in [1.165, 1.54) is 26.9 Å². The molecule has 0 aliphatic heterocycles. The normalized spacial score (nSPS) is 11.9. The highest BCUT2D eigenvalue weighted by molar-refractivity contribution is 6.22. The lowest BCUT2D eigenvalue weighted by molar-refractivity contribution is 0.666. The van der Waals surface area contributed by atoms with Crippen LogP contribution in [0.25, 0.3) is 138 Å². The lowest BCUT2D eigenvalue weighted by atomic mass is 9.96. The van der Waals surface area contributed by atoms with Crippen LogP contribution in [0.1, 0.15) is 0 Å². The van der Waals surface area contributed by atoms with Gasteiger partial charge in [0, 0.05) is 38.2 Å². The van der Waals surface area contributed by atoms with Crippen LogP contribution in [-0.4, -0.2) is 19.5 Å². The van der Waals surface area contributed by atoms with Crippen molar-refractivity contribution in [1.82, 2.24) is 19.5 Å². The number of para-hydroxylation sites is 2. The van der Waals surface area contributed by atoms with E-state index in [-0.39, 0.29) is 0 Å². The molecule has 14 rings (SSSR count). The van der Waals surface area contributed by atoms with Gasteiger partial charge in [-0.15, -0.1) is 0 Å². The van der Waals surface area contributed by atoms with Crippen molar-refractivity contribution in [3.8, 4) is 51.0 Å². The molecule has 66 heavy (non-hydrogen) atoms. The van der Waals surface area contributed by atoms with Crippen molar-refractivity contribution >= 4 is 86.8 Å². The molecule has 0 aliphatic rings. The molecule has 0 fully saturated rings. The van der Waals surface area contributed by atoms with E-state index in [0.717, 1.165) is 93.4 Å². The van der Waals surface area contributed by atoms with E-state index in [0.29, 0.717) is 17.5 Å². The Hall–Kier alpha value is -8.93. The standard InChI is InChI=1S/C61H36N4O/c1-2-14-37(15-3-1)39-19-12-20-43(32-39)59-62-60(64-61(63-59)52-34-42-18-6-7-21-45(42)46-22-8-9-23-47(46)52)44-29-28-38-30-31-56-57(50(38)35-44)49-25-13-27-54(58(49)66-56)65-53-26-11-10-24-48(53)51-33-40-16-4-5-17-41(40)36-55(51)65/h1-36H. The first kappa shape index (κ1) is 36.5. The molecule has 5 nitrogen and oxygen atoms in total. The summed E-state index contributed by atoms with van der Waals surface area (Å²) < 4.78 is 9.33. The number of aromatic nitrogens is 4. The smallest absolute Gasteiger partial charge is 0.164 e. The zero-order valence-electron chi connectivity index (χ0n) is 35.5. The fourth-order valence-corrected chi connectivity index (χ4v) is 10.3. The number of rotatable bonds is 5. The van der Waals surface area contributed by atoms with Gasteiger partial charge in [-0.2, -0.15) is 0 Å². The van der Waals surface area contributed by atoms with E-state index in [2.05, 4.69) is 217 Å². The minimum Gasteiger partial charge on any atom is -0.454 e.